The highest BCUT2D eigenvalue weighted by Gasteiger charge is 2.29. The standard InChI is InChI=1S/C20H26N2O3/c23-20(17-4-8-24-9-5-17)22-7-10-25-14-16(13-22)11-15-1-2-19-18(12-15)3-6-21-19/h1-3,6,12,16-17,21H,4-5,7-11,13-14H2. The van der Waals surface area contributed by atoms with Gasteiger partial charge in [-0.05, 0) is 48.4 Å². The first kappa shape index (κ1) is 16.6. The van der Waals surface area contributed by atoms with Crippen molar-refractivity contribution >= 4 is 16.8 Å². The molecule has 1 unspecified atom stereocenters. The van der Waals surface area contributed by atoms with E-state index in [2.05, 4.69) is 29.2 Å². The number of carbonyl (C=O) groups excluding carboxylic acids is 1. The molecule has 0 spiro atoms. The summed E-state index contributed by atoms with van der Waals surface area (Å²) in [5.41, 5.74) is 2.47. The summed E-state index contributed by atoms with van der Waals surface area (Å²) in [4.78, 5) is 18.1. The number of benzene rings is 1. The number of H-pyrrole nitrogens is 1. The van der Waals surface area contributed by atoms with Crippen molar-refractivity contribution in [3.63, 3.8) is 0 Å². The van der Waals surface area contributed by atoms with Crippen molar-refractivity contribution in [2.75, 3.05) is 39.5 Å². The second kappa shape index (κ2) is 7.58. The lowest BCUT2D eigenvalue weighted by Crippen LogP contribution is -2.41. The molecule has 5 nitrogen and oxygen atoms in total. The zero-order valence-corrected chi connectivity index (χ0v) is 14.6. The minimum Gasteiger partial charge on any atom is -0.381 e. The van der Waals surface area contributed by atoms with Crippen LogP contribution in [0.1, 0.15) is 18.4 Å². The third kappa shape index (κ3) is 3.88. The molecule has 0 saturated carbocycles. The molecule has 5 heteroatoms. The van der Waals surface area contributed by atoms with E-state index < -0.39 is 0 Å². The lowest BCUT2D eigenvalue weighted by Gasteiger charge is -2.29. The van der Waals surface area contributed by atoms with Crippen LogP contribution in [0.5, 0.6) is 0 Å². The van der Waals surface area contributed by atoms with Gasteiger partial charge in [-0.15, -0.1) is 0 Å². The Balaban J connectivity index is 1.42. The summed E-state index contributed by atoms with van der Waals surface area (Å²) in [5, 5.41) is 1.24. The van der Waals surface area contributed by atoms with Gasteiger partial charge in [0.1, 0.15) is 0 Å². The molecule has 0 bridgehead atoms. The van der Waals surface area contributed by atoms with Crippen molar-refractivity contribution in [3.05, 3.63) is 36.0 Å². The van der Waals surface area contributed by atoms with Crippen LogP contribution in [0.15, 0.2) is 30.5 Å². The van der Waals surface area contributed by atoms with Crippen molar-refractivity contribution < 1.29 is 14.3 Å². The van der Waals surface area contributed by atoms with E-state index in [4.69, 9.17) is 9.47 Å². The molecule has 0 radical (unpaired) electrons. The molecule has 1 atom stereocenters. The van der Waals surface area contributed by atoms with Crippen molar-refractivity contribution in [2.24, 2.45) is 11.8 Å². The smallest absolute Gasteiger partial charge is 0.225 e. The number of ether oxygens (including phenoxy) is 2. The Labute approximate surface area is 148 Å². The van der Waals surface area contributed by atoms with Gasteiger partial charge in [0.25, 0.3) is 0 Å². The van der Waals surface area contributed by atoms with Gasteiger partial charge in [-0.25, -0.2) is 0 Å². The van der Waals surface area contributed by atoms with E-state index in [1.54, 1.807) is 0 Å². The molecule has 1 aromatic heterocycles. The maximum Gasteiger partial charge on any atom is 0.225 e. The van der Waals surface area contributed by atoms with E-state index >= 15 is 0 Å². The van der Waals surface area contributed by atoms with E-state index in [1.165, 1.54) is 10.9 Å². The second-order valence-electron chi connectivity index (χ2n) is 7.22. The predicted molar refractivity (Wildman–Crippen MR) is 96.4 cm³/mol. The highest BCUT2D eigenvalue weighted by Crippen LogP contribution is 2.22. The lowest BCUT2D eigenvalue weighted by atomic mass is 9.96. The molecule has 2 saturated heterocycles. The molecule has 0 aliphatic carbocycles. The van der Waals surface area contributed by atoms with E-state index in [0.717, 1.165) is 37.9 Å². The Morgan fingerprint density at radius 1 is 1.16 bits per heavy atom. The summed E-state index contributed by atoms with van der Waals surface area (Å²) in [6.45, 7) is 4.29. The highest BCUT2D eigenvalue weighted by molar-refractivity contribution is 5.80. The average Bonchev–Trinajstić information content (AvgIpc) is 2.99. The molecular weight excluding hydrogens is 316 g/mol. The number of aromatic amines is 1. The normalized spacial score (nSPS) is 22.9. The molecule has 2 fully saturated rings. The first-order valence-electron chi connectivity index (χ1n) is 9.30. The fourth-order valence-corrected chi connectivity index (χ4v) is 3.97. The maximum atomic E-state index is 12.9. The Morgan fingerprint density at radius 2 is 2.04 bits per heavy atom. The van der Waals surface area contributed by atoms with Crippen LogP contribution in [0, 0.1) is 11.8 Å². The van der Waals surface area contributed by atoms with Crippen LogP contribution < -0.4 is 0 Å². The SMILES string of the molecule is O=C(C1CCOCC1)N1CCOCC(Cc2ccc3[nH]ccc3c2)C1. The van der Waals surface area contributed by atoms with Gasteiger partial charge in [0.05, 0.1) is 13.2 Å². The van der Waals surface area contributed by atoms with Crippen LogP contribution >= 0.6 is 0 Å². The average molecular weight is 342 g/mol. The number of hydrogen-bond donors (Lipinski definition) is 1. The van der Waals surface area contributed by atoms with Gasteiger partial charge in [0.15, 0.2) is 0 Å². The van der Waals surface area contributed by atoms with Crippen molar-refractivity contribution in [1.82, 2.24) is 9.88 Å². The molecule has 2 aromatic rings. The van der Waals surface area contributed by atoms with Gasteiger partial charge in [-0.2, -0.15) is 0 Å². The fraction of sp³-hybridized carbons (Fsp3) is 0.550. The Bertz CT molecular complexity index is 721. The number of nitrogens with zero attached hydrogens (tertiary/aromatic N) is 1. The molecular formula is C20H26N2O3. The quantitative estimate of drug-likeness (QED) is 0.933. The molecule has 3 heterocycles. The van der Waals surface area contributed by atoms with Crippen LogP contribution in [0.25, 0.3) is 10.9 Å². The number of nitrogens with one attached hydrogen (secondary N) is 1. The Morgan fingerprint density at radius 3 is 2.92 bits per heavy atom. The number of fused-ring (bicyclic) bond motifs is 1. The van der Waals surface area contributed by atoms with E-state index in [0.29, 0.717) is 38.2 Å². The zero-order chi connectivity index (χ0) is 17.1. The van der Waals surface area contributed by atoms with Crippen LogP contribution in [0.2, 0.25) is 0 Å². The Hall–Kier alpha value is -1.85. The number of amides is 1. The summed E-state index contributed by atoms with van der Waals surface area (Å²) < 4.78 is 11.2. The number of carbonyl (C=O) groups is 1. The molecule has 2 aliphatic rings. The molecule has 1 N–H and O–H groups in total. The predicted octanol–water partition coefficient (Wildman–Crippen LogP) is 2.61. The second-order valence-corrected chi connectivity index (χ2v) is 7.22. The van der Waals surface area contributed by atoms with Gasteiger partial charge in [-0.1, -0.05) is 6.07 Å². The summed E-state index contributed by atoms with van der Waals surface area (Å²) in [7, 11) is 0. The van der Waals surface area contributed by atoms with Gasteiger partial charge in [-0.3, -0.25) is 4.79 Å². The monoisotopic (exact) mass is 342 g/mol. The van der Waals surface area contributed by atoms with Crippen LogP contribution in [0.4, 0.5) is 0 Å². The van der Waals surface area contributed by atoms with Gasteiger partial charge in [0.2, 0.25) is 5.91 Å². The third-order valence-corrected chi connectivity index (χ3v) is 5.36. The van der Waals surface area contributed by atoms with Crippen molar-refractivity contribution in [3.8, 4) is 0 Å². The summed E-state index contributed by atoms with van der Waals surface area (Å²) in [6, 6.07) is 8.65. The lowest BCUT2D eigenvalue weighted by molar-refractivity contribution is -0.138. The minimum absolute atomic E-state index is 0.128. The fourth-order valence-electron chi connectivity index (χ4n) is 3.97. The number of rotatable bonds is 3. The molecule has 25 heavy (non-hydrogen) atoms. The van der Waals surface area contributed by atoms with Gasteiger partial charge < -0.3 is 19.4 Å². The zero-order valence-electron chi connectivity index (χ0n) is 14.6. The van der Waals surface area contributed by atoms with E-state index in [9.17, 15) is 4.79 Å². The molecule has 134 valence electrons. The largest absolute Gasteiger partial charge is 0.381 e. The molecule has 2 aliphatic heterocycles. The number of aromatic nitrogens is 1. The van der Waals surface area contributed by atoms with E-state index in [1.807, 2.05) is 11.1 Å². The first-order chi connectivity index (χ1) is 12.3. The summed E-state index contributed by atoms with van der Waals surface area (Å²) >= 11 is 0. The van der Waals surface area contributed by atoms with Crippen LogP contribution in [0.3, 0.4) is 0 Å². The molecule has 1 amide bonds. The van der Waals surface area contributed by atoms with Crippen molar-refractivity contribution in [1.29, 1.82) is 0 Å². The first-order valence-corrected chi connectivity index (χ1v) is 9.30. The Kier molecular flexibility index (Phi) is 5.04. The number of hydrogen-bond acceptors (Lipinski definition) is 3. The summed E-state index contributed by atoms with van der Waals surface area (Å²) in [5.74, 6) is 0.770. The van der Waals surface area contributed by atoms with Crippen LogP contribution in [-0.4, -0.2) is 55.3 Å². The van der Waals surface area contributed by atoms with Crippen LogP contribution in [-0.2, 0) is 20.7 Å². The summed E-state index contributed by atoms with van der Waals surface area (Å²) in [6.07, 6.45) is 4.62. The topological polar surface area (TPSA) is 54.6 Å². The minimum atomic E-state index is 0.128. The van der Waals surface area contributed by atoms with Gasteiger partial charge >= 0.3 is 0 Å². The van der Waals surface area contributed by atoms with Crippen molar-refractivity contribution in [2.45, 2.75) is 19.3 Å². The van der Waals surface area contributed by atoms with E-state index in [-0.39, 0.29) is 5.92 Å². The molecule has 1 aromatic carbocycles. The van der Waals surface area contributed by atoms with Gasteiger partial charge in [0, 0.05) is 49.9 Å². The third-order valence-electron chi connectivity index (χ3n) is 5.36. The maximum absolute atomic E-state index is 12.9. The highest BCUT2D eigenvalue weighted by atomic mass is 16.5. The molecule has 4 rings (SSSR count).